The van der Waals surface area contributed by atoms with E-state index in [2.05, 4.69) is 9.97 Å². The lowest BCUT2D eigenvalue weighted by Gasteiger charge is -2.06. The molecule has 0 amide bonds. The molecule has 1 aromatic heterocycles. The van der Waals surface area contributed by atoms with Crippen molar-refractivity contribution in [1.29, 1.82) is 5.26 Å². The second-order valence-corrected chi connectivity index (χ2v) is 3.31. The van der Waals surface area contributed by atoms with Gasteiger partial charge < -0.3 is 11.5 Å². The van der Waals surface area contributed by atoms with Crippen LogP contribution >= 0.6 is 0 Å². The first kappa shape index (κ1) is 10.8. The van der Waals surface area contributed by atoms with Gasteiger partial charge in [0.1, 0.15) is 23.3 Å². The largest absolute Gasteiger partial charge is 0.382 e. The molecule has 0 fully saturated rings. The minimum absolute atomic E-state index is 0.0146. The van der Waals surface area contributed by atoms with Crippen molar-refractivity contribution in [3.05, 3.63) is 35.6 Å². The Morgan fingerprint density at radius 3 is 2.65 bits per heavy atom. The summed E-state index contributed by atoms with van der Waals surface area (Å²) in [4.78, 5) is 7.59. The van der Waals surface area contributed by atoms with Crippen molar-refractivity contribution >= 4 is 11.8 Å². The van der Waals surface area contributed by atoms with Gasteiger partial charge >= 0.3 is 0 Å². The van der Waals surface area contributed by atoms with Crippen LogP contribution in [0.5, 0.6) is 0 Å². The molecule has 0 aliphatic heterocycles. The second kappa shape index (κ2) is 4.06. The smallest absolute Gasteiger partial charge is 0.222 e. The Morgan fingerprint density at radius 1 is 1.24 bits per heavy atom. The third kappa shape index (κ3) is 1.99. The van der Waals surface area contributed by atoms with E-state index < -0.39 is 5.82 Å². The van der Waals surface area contributed by atoms with Crippen LogP contribution in [-0.4, -0.2) is 9.97 Å². The zero-order valence-corrected chi connectivity index (χ0v) is 8.68. The maximum atomic E-state index is 13.1. The van der Waals surface area contributed by atoms with Gasteiger partial charge in [-0.2, -0.15) is 10.2 Å². The van der Waals surface area contributed by atoms with Gasteiger partial charge in [0.15, 0.2) is 0 Å². The molecule has 0 saturated carbocycles. The van der Waals surface area contributed by atoms with Gasteiger partial charge in [0, 0.05) is 5.56 Å². The molecule has 0 saturated heterocycles. The van der Waals surface area contributed by atoms with Crippen molar-refractivity contribution in [2.75, 3.05) is 11.5 Å². The maximum Gasteiger partial charge on any atom is 0.222 e. The van der Waals surface area contributed by atoms with Gasteiger partial charge in [-0.1, -0.05) is 12.1 Å². The van der Waals surface area contributed by atoms with E-state index in [9.17, 15) is 4.39 Å². The van der Waals surface area contributed by atoms with Gasteiger partial charge in [0.05, 0.1) is 5.69 Å². The van der Waals surface area contributed by atoms with Crippen LogP contribution in [0, 0.1) is 17.1 Å². The summed E-state index contributed by atoms with van der Waals surface area (Å²) >= 11 is 0. The number of nitrogens with zero attached hydrogens (tertiary/aromatic N) is 3. The molecule has 0 aliphatic carbocycles. The molecule has 0 bridgehead atoms. The molecule has 84 valence electrons. The predicted molar refractivity (Wildman–Crippen MR) is 61.0 cm³/mol. The Kier molecular flexibility index (Phi) is 2.58. The zero-order chi connectivity index (χ0) is 12.4. The highest BCUT2D eigenvalue weighted by Gasteiger charge is 2.13. The molecule has 4 N–H and O–H groups in total. The molecule has 0 atom stereocenters. The molecule has 2 rings (SSSR count). The molecule has 0 unspecified atom stereocenters. The number of nitrogens with two attached hydrogens (primary N) is 2. The summed E-state index contributed by atoms with van der Waals surface area (Å²) in [7, 11) is 0. The Balaban J connectivity index is 2.71. The molecule has 0 spiro atoms. The van der Waals surface area contributed by atoms with Crippen LogP contribution in [0.25, 0.3) is 11.3 Å². The van der Waals surface area contributed by atoms with Crippen LogP contribution in [-0.2, 0) is 0 Å². The minimum atomic E-state index is -0.429. The third-order valence-electron chi connectivity index (χ3n) is 2.16. The van der Waals surface area contributed by atoms with Gasteiger partial charge in [-0.25, -0.2) is 9.37 Å². The van der Waals surface area contributed by atoms with Crippen LogP contribution in [0.4, 0.5) is 16.2 Å². The van der Waals surface area contributed by atoms with E-state index in [0.717, 1.165) is 0 Å². The van der Waals surface area contributed by atoms with Gasteiger partial charge in [-0.05, 0) is 12.1 Å². The first-order valence-electron chi connectivity index (χ1n) is 4.71. The Labute approximate surface area is 96.5 Å². The number of hydrogen-bond donors (Lipinski definition) is 2. The van der Waals surface area contributed by atoms with Gasteiger partial charge in [0.2, 0.25) is 5.95 Å². The molecule has 5 nitrogen and oxygen atoms in total. The van der Waals surface area contributed by atoms with Crippen molar-refractivity contribution in [1.82, 2.24) is 9.97 Å². The summed E-state index contributed by atoms with van der Waals surface area (Å²) in [6.07, 6.45) is 0. The van der Waals surface area contributed by atoms with Crippen molar-refractivity contribution in [3.63, 3.8) is 0 Å². The first-order valence-corrected chi connectivity index (χ1v) is 4.71. The van der Waals surface area contributed by atoms with Crippen molar-refractivity contribution < 1.29 is 4.39 Å². The molecule has 17 heavy (non-hydrogen) atoms. The highest BCUT2D eigenvalue weighted by atomic mass is 19.1. The molecular formula is C11H8FN5. The lowest BCUT2D eigenvalue weighted by atomic mass is 10.1. The van der Waals surface area contributed by atoms with E-state index in [0.29, 0.717) is 5.56 Å². The zero-order valence-electron chi connectivity index (χ0n) is 8.68. The van der Waals surface area contributed by atoms with Crippen molar-refractivity contribution in [2.24, 2.45) is 0 Å². The fraction of sp³-hybridized carbons (Fsp3) is 0. The standard InChI is InChI=1S/C11H8FN5/c12-7-3-1-2-6(4-7)9-8(5-13)10(14)17-11(15)16-9/h1-4H,(H4,14,15,16,17). The van der Waals surface area contributed by atoms with E-state index in [4.69, 9.17) is 16.7 Å². The van der Waals surface area contributed by atoms with Crippen molar-refractivity contribution in [3.8, 4) is 17.3 Å². The Bertz CT molecular complexity index is 618. The van der Waals surface area contributed by atoms with E-state index in [1.165, 1.54) is 18.2 Å². The van der Waals surface area contributed by atoms with E-state index in [1.54, 1.807) is 6.07 Å². The summed E-state index contributed by atoms with van der Waals surface area (Å²) < 4.78 is 13.1. The summed E-state index contributed by atoms with van der Waals surface area (Å²) in [5.74, 6) is -0.498. The maximum absolute atomic E-state index is 13.1. The minimum Gasteiger partial charge on any atom is -0.382 e. The fourth-order valence-corrected chi connectivity index (χ4v) is 1.45. The van der Waals surface area contributed by atoms with Crippen LogP contribution in [0.2, 0.25) is 0 Å². The van der Waals surface area contributed by atoms with Crippen molar-refractivity contribution in [2.45, 2.75) is 0 Å². The summed E-state index contributed by atoms with van der Waals surface area (Å²) in [6, 6.07) is 7.56. The van der Waals surface area contributed by atoms with Crippen LogP contribution in [0.15, 0.2) is 24.3 Å². The molecule has 1 heterocycles. The van der Waals surface area contributed by atoms with Gasteiger partial charge in [0.25, 0.3) is 0 Å². The number of nitriles is 1. The Hall–Kier alpha value is -2.68. The predicted octanol–water partition coefficient (Wildman–Crippen LogP) is 1.32. The number of nitrogen functional groups attached to an aromatic ring is 2. The number of benzene rings is 1. The summed E-state index contributed by atoms with van der Waals surface area (Å²) in [5, 5.41) is 8.98. The second-order valence-electron chi connectivity index (χ2n) is 3.31. The fourth-order valence-electron chi connectivity index (χ4n) is 1.45. The first-order chi connectivity index (χ1) is 8.11. The van der Waals surface area contributed by atoms with Crippen LogP contribution in [0.3, 0.4) is 0 Å². The molecule has 2 aromatic rings. The molecular weight excluding hydrogens is 221 g/mol. The van der Waals surface area contributed by atoms with Gasteiger partial charge in [-0.15, -0.1) is 0 Å². The quantitative estimate of drug-likeness (QED) is 0.767. The summed E-state index contributed by atoms with van der Waals surface area (Å²) in [6.45, 7) is 0. The lowest BCUT2D eigenvalue weighted by Crippen LogP contribution is -2.05. The third-order valence-corrected chi connectivity index (χ3v) is 2.16. The van der Waals surface area contributed by atoms with Crippen LogP contribution in [0.1, 0.15) is 5.56 Å². The normalized spacial score (nSPS) is 9.88. The summed E-state index contributed by atoms with van der Waals surface area (Å²) in [5.41, 5.74) is 11.8. The highest BCUT2D eigenvalue weighted by molar-refractivity contribution is 5.72. The Morgan fingerprint density at radius 2 is 2.00 bits per heavy atom. The monoisotopic (exact) mass is 229 g/mol. The number of hydrogen-bond acceptors (Lipinski definition) is 5. The molecule has 0 radical (unpaired) electrons. The average Bonchev–Trinajstić information content (AvgIpc) is 2.28. The molecule has 1 aromatic carbocycles. The van der Waals surface area contributed by atoms with E-state index >= 15 is 0 Å². The number of aromatic nitrogens is 2. The highest BCUT2D eigenvalue weighted by Crippen LogP contribution is 2.25. The number of anilines is 2. The van der Waals surface area contributed by atoms with E-state index in [-0.39, 0.29) is 23.0 Å². The van der Waals surface area contributed by atoms with E-state index in [1.807, 2.05) is 6.07 Å². The topological polar surface area (TPSA) is 102 Å². The van der Waals surface area contributed by atoms with Gasteiger partial charge in [-0.3, -0.25) is 0 Å². The van der Waals surface area contributed by atoms with Crippen LogP contribution < -0.4 is 11.5 Å². The SMILES string of the molecule is N#Cc1c(N)nc(N)nc1-c1cccc(F)c1. The molecule has 0 aliphatic rings. The number of halogens is 1. The number of rotatable bonds is 1. The lowest BCUT2D eigenvalue weighted by molar-refractivity contribution is 0.628. The molecule has 6 heteroatoms. The average molecular weight is 229 g/mol.